The normalized spacial score (nSPS) is 14.4. The van der Waals surface area contributed by atoms with Crippen molar-refractivity contribution in [3.63, 3.8) is 0 Å². The van der Waals surface area contributed by atoms with E-state index in [1.54, 1.807) is 0 Å². The molecule has 2 heteroatoms. The number of nitrogens with zero attached hydrogens (tertiary/aromatic N) is 1. The molecule has 1 unspecified atom stereocenters. The predicted molar refractivity (Wildman–Crippen MR) is 90.7 cm³/mol. The molecule has 0 spiro atoms. The van der Waals surface area contributed by atoms with Crippen molar-refractivity contribution in [1.29, 1.82) is 0 Å². The van der Waals surface area contributed by atoms with Crippen LogP contribution in [0.15, 0.2) is 12.3 Å². The summed E-state index contributed by atoms with van der Waals surface area (Å²) in [5.74, 6) is 0. The van der Waals surface area contributed by atoms with Crippen molar-refractivity contribution >= 4 is 11.6 Å². The molecule has 0 N–H and O–H groups in total. The fourth-order valence-corrected chi connectivity index (χ4v) is 3.70. The summed E-state index contributed by atoms with van der Waals surface area (Å²) in [4.78, 5) is 0. The molecule has 1 aromatic heterocycles. The van der Waals surface area contributed by atoms with Gasteiger partial charge in [0.05, 0.1) is 5.02 Å². The highest BCUT2D eigenvalue weighted by molar-refractivity contribution is 6.31. The lowest BCUT2D eigenvalue weighted by Crippen LogP contribution is -2.25. The summed E-state index contributed by atoms with van der Waals surface area (Å²) in [6.45, 7) is 6.96. The van der Waals surface area contributed by atoms with Gasteiger partial charge in [-0.05, 0) is 18.9 Å². The fourth-order valence-electron chi connectivity index (χ4n) is 3.28. The lowest BCUT2D eigenvalue weighted by molar-refractivity contribution is 0.349. The van der Waals surface area contributed by atoms with Gasteiger partial charge in [0.2, 0.25) is 0 Å². The SMILES string of the molecule is CCCCCCC(C)(CCCCC)c1c(Cl)ccn1C. The molecule has 0 fully saturated rings. The zero-order chi connectivity index (χ0) is 15.0. The zero-order valence-corrected chi connectivity index (χ0v) is 14.6. The molecule has 1 nitrogen and oxygen atoms in total. The lowest BCUT2D eigenvalue weighted by Gasteiger charge is -2.31. The van der Waals surface area contributed by atoms with Crippen molar-refractivity contribution in [2.45, 2.75) is 84.0 Å². The molecule has 0 radical (unpaired) electrons. The molecule has 0 amide bonds. The van der Waals surface area contributed by atoms with Crippen molar-refractivity contribution in [3.05, 3.63) is 23.0 Å². The summed E-state index contributed by atoms with van der Waals surface area (Å²) in [5, 5.41) is 0.946. The summed E-state index contributed by atoms with van der Waals surface area (Å²) in [7, 11) is 2.13. The second-order valence-electron chi connectivity index (χ2n) is 6.45. The molecule has 1 aromatic rings. The molecule has 20 heavy (non-hydrogen) atoms. The standard InChI is InChI=1S/C18H32ClN/c1-5-7-9-11-14-18(3,13-10-8-6-2)17-16(19)12-15-20(17)4/h12,15H,5-11,13-14H2,1-4H3. The fraction of sp³-hybridized carbons (Fsp3) is 0.778. The van der Waals surface area contributed by atoms with Crippen LogP contribution in [-0.2, 0) is 12.5 Å². The van der Waals surface area contributed by atoms with E-state index in [1.807, 2.05) is 6.07 Å². The van der Waals surface area contributed by atoms with Crippen LogP contribution < -0.4 is 0 Å². The predicted octanol–water partition coefficient (Wildman–Crippen LogP) is 6.49. The van der Waals surface area contributed by atoms with E-state index in [2.05, 4.69) is 38.6 Å². The lowest BCUT2D eigenvalue weighted by atomic mass is 9.77. The Morgan fingerprint density at radius 2 is 1.55 bits per heavy atom. The number of rotatable bonds is 10. The van der Waals surface area contributed by atoms with Crippen LogP contribution in [0.25, 0.3) is 0 Å². The number of hydrogen-bond acceptors (Lipinski definition) is 0. The second kappa shape index (κ2) is 8.77. The van der Waals surface area contributed by atoms with E-state index in [0.717, 1.165) is 5.02 Å². The minimum atomic E-state index is 0.234. The number of halogens is 1. The van der Waals surface area contributed by atoms with Crippen LogP contribution in [0, 0.1) is 0 Å². The maximum Gasteiger partial charge on any atom is 0.0620 e. The third-order valence-electron chi connectivity index (χ3n) is 4.51. The number of hydrogen-bond donors (Lipinski definition) is 0. The van der Waals surface area contributed by atoms with E-state index in [9.17, 15) is 0 Å². The van der Waals surface area contributed by atoms with E-state index >= 15 is 0 Å². The molecule has 0 saturated heterocycles. The van der Waals surface area contributed by atoms with Crippen LogP contribution in [0.5, 0.6) is 0 Å². The Balaban J connectivity index is 2.77. The van der Waals surface area contributed by atoms with E-state index in [4.69, 9.17) is 11.6 Å². The Labute approximate surface area is 130 Å². The molecule has 1 heterocycles. The van der Waals surface area contributed by atoms with Crippen LogP contribution in [0.1, 0.15) is 84.3 Å². The molecule has 0 aromatic carbocycles. The van der Waals surface area contributed by atoms with Crippen LogP contribution in [0.2, 0.25) is 5.02 Å². The van der Waals surface area contributed by atoms with Gasteiger partial charge in [-0.3, -0.25) is 0 Å². The van der Waals surface area contributed by atoms with Crippen molar-refractivity contribution in [2.24, 2.45) is 7.05 Å². The Kier molecular flexibility index (Phi) is 7.72. The molecule has 0 saturated carbocycles. The van der Waals surface area contributed by atoms with E-state index in [0.29, 0.717) is 0 Å². The van der Waals surface area contributed by atoms with Gasteiger partial charge in [0.25, 0.3) is 0 Å². The molecular formula is C18H32ClN. The molecule has 0 bridgehead atoms. The minimum Gasteiger partial charge on any atom is -0.353 e. The van der Waals surface area contributed by atoms with E-state index in [1.165, 1.54) is 63.5 Å². The molecule has 1 atom stereocenters. The molecule has 0 aliphatic heterocycles. The van der Waals surface area contributed by atoms with Gasteiger partial charge in [0.1, 0.15) is 0 Å². The van der Waals surface area contributed by atoms with Crippen LogP contribution in [0.3, 0.4) is 0 Å². The maximum atomic E-state index is 6.46. The first-order chi connectivity index (χ1) is 9.55. The average Bonchev–Trinajstić information content (AvgIpc) is 2.75. The summed E-state index contributed by atoms with van der Waals surface area (Å²) >= 11 is 6.46. The molecule has 1 rings (SSSR count). The monoisotopic (exact) mass is 297 g/mol. The Hall–Kier alpha value is -0.430. The molecule has 116 valence electrons. The third kappa shape index (κ3) is 4.84. The Morgan fingerprint density at radius 1 is 1.00 bits per heavy atom. The largest absolute Gasteiger partial charge is 0.353 e. The van der Waals surface area contributed by atoms with Gasteiger partial charge in [0, 0.05) is 24.4 Å². The Morgan fingerprint density at radius 3 is 2.05 bits per heavy atom. The first-order valence-corrected chi connectivity index (χ1v) is 8.74. The number of aryl methyl sites for hydroxylation is 1. The smallest absolute Gasteiger partial charge is 0.0620 e. The molecular weight excluding hydrogens is 266 g/mol. The van der Waals surface area contributed by atoms with Gasteiger partial charge in [0.15, 0.2) is 0 Å². The molecule has 0 aliphatic carbocycles. The first-order valence-electron chi connectivity index (χ1n) is 8.36. The average molecular weight is 298 g/mol. The highest BCUT2D eigenvalue weighted by Crippen LogP contribution is 2.39. The first kappa shape index (κ1) is 17.6. The highest BCUT2D eigenvalue weighted by atomic mass is 35.5. The second-order valence-corrected chi connectivity index (χ2v) is 6.86. The van der Waals surface area contributed by atoms with E-state index in [-0.39, 0.29) is 5.41 Å². The summed E-state index contributed by atoms with van der Waals surface area (Å²) in [6, 6.07) is 2.04. The topological polar surface area (TPSA) is 4.93 Å². The number of aromatic nitrogens is 1. The summed E-state index contributed by atoms with van der Waals surface area (Å²) in [5.41, 5.74) is 1.57. The summed E-state index contributed by atoms with van der Waals surface area (Å²) in [6.07, 6.45) is 13.9. The third-order valence-corrected chi connectivity index (χ3v) is 4.81. The molecule has 0 aliphatic rings. The van der Waals surface area contributed by atoms with Gasteiger partial charge in [-0.2, -0.15) is 0 Å². The van der Waals surface area contributed by atoms with Crippen molar-refractivity contribution in [1.82, 2.24) is 4.57 Å². The van der Waals surface area contributed by atoms with Crippen LogP contribution >= 0.6 is 11.6 Å². The highest BCUT2D eigenvalue weighted by Gasteiger charge is 2.30. The van der Waals surface area contributed by atoms with Crippen molar-refractivity contribution in [3.8, 4) is 0 Å². The van der Waals surface area contributed by atoms with Crippen LogP contribution in [0.4, 0.5) is 0 Å². The van der Waals surface area contributed by atoms with Gasteiger partial charge >= 0.3 is 0 Å². The quantitative estimate of drug-likeness (QED) is 0.435. The summed E-state index contributed by atoms with van der Waals surface area (Å²) < 4.78 is 2.23. The van der Waals surface area contributed by atoms with Crippen molar-refractivity contribution < 1.29 is 0 Å². The number of unbranched alkanes of at least 4 members (excludes halogenated alkanes) is 5. The van der Waals surface area contributed by atoms with Crippen LogP contribution in [-0.4, -0.2) is 4.57 Å². The zero-order valence-electron chi connectivity index (χ0n) is 13.8. The van der Waals surface area contributed by atoms with Gasteiger partial charge in [-0.1, -0.05) is 77.3 Å². The minimum absolute atomic E-state index is 0.234. The van der Waals surface area contributed by atoms with Gasteiger partial charge < -0.3 is 4.57 Å². The van der Waals surface area contributed by atoms with Crippen molar-refractivity contribution in [2.75, 3.05) is 0 Å². The van der Waals surface area contributed by atoms with E-state index < -0.39 is 0 Å². The Bertz CT molecular complexity index is 363. The van der Waals surface area contributed by atoms with Gasteiger partial charge in [-0.15, -0.1) is 0 Å². The van der Waals surface area contributed by atoms with Gasteiger partial charge in [-0.25, -0.2) is 0 Å². The maximum absolute atomic E-state index is 6.46.